The zero-order valence-electron chi connectivity index (χ0n) is 12.3. The first-order chi connectivity index (χ1) is 10.2. The summed E-state index contributed by atoms with van der Waals surface area (Å²) in [6, 6.07) is 4.19. The summed E-state index contributed by atoms with van der Waals surface area (Å²) in [5.41, 5.74) is 7.90. The van der Waals surface area contributed by atoms with Gasteiger partial charge in [0.05, 0.1) is 31.4 Å². The minimum Gasteiger partial charge on any atom is -0.384 e. The molecule has 2 N–H and O–H groups in total. The molecule has 1 fully saturated rings. The van der Waals surface area contributed by atoms with Gasteiger partial charge in [-0.25, -0.2) is 9.97 Å². The van der Waals surface area contributed by atoms with E-state index in [0.717, 1.165) is 44.1 Å². The first kappa shape index (κ1) is 14.0. The lowest BCUT2D eigenvalue weighted by atomic mass is 10.2. The van der Waals surface area contributed by atoms with E-state index >= 15 is 0 Å². The molecule has 2 aromatic rings. The summed E-state index contributed by atoms with van der Waals surface area (Å²) in [6.07, 6.45) is 5.50. The van der Waals surface area contributed by atoms with Gasteiger partial charge < -0.3 is 15.0 Å². The Labute approximate surface area is 124 Å². The zero-order chi connectivity index (χ0) is 14.7. The summed E-state index contributed by atoms with van der Waals surface area (Å²) in [7, 11) is 0. The minimum absolute atomic E-state index is 0.343. The van der Waals surface area contributed by atoms with E-state index in [4.69, 9.17) is 10.5 Å². The van der Waals surface area contributed by atoms with Crippen molar-refractivity contribution in [3.05, 3.63) is 30.9 Å². The summed E-state index contributed by atoms with van der Waals surface area (Å²) >= 11 is 0. The van der Waals surface area contributed by atoms with Crippen LogP contribution >= 0.6 is 0 Å². The Hall–Kier alpha value is -1.92. The van der Waals surface area contributed by atoms with Crippen LogP contribution in [0.5, 0.6) is 0 Å². The average Bonchev–Trinajstić information content (AvgIpc) is 2.98. The Bertz CT molecular complexity index is 591. The molecule has 1 atom stereocenters. The van der Waals surface area contributed by atoms with Gasteiger partial charge in [0.1, 0.15) is 5.82 Å². The van der Waals surface area contributed by atoms with Crippen molar-refractivity contribution in [2.45, 2.75) is 13.0 Å². The third kappa shape index (κ3) is 3.22. The maximum Gasteiger partial charge on any atom is 0.123 e. The second-order valence-corrected chi connectivity index (χ2v) is 5.42. The summed E-state index contributed by atoms with van der Waals surface area (Å²) in [6.45, 7) is 6.85. The molecule has 0 aromatic carbocycles. The van der Waals surface area contributed by atoms with Crippen LogP contribution in [0.15, 0.2) is 30.9 Å². The lowest BCUT2D eigenvalue weighted by Crippen LogP contribution is -2.39. The van der Waals surface area contributed by atoms with Crippen molar-refractivity contribution < 1.29 is 4.74 Å². The average molecular weight is 287 g/mol. The second kappa shape index (κ2) is 6.24. The molecule has 0 amide bonds. The Kier molecular flexibility index (Phi) is 4.17. The van der Waals surface area contributed by atoms with Crippen molar-refractivity contribution >= 4 is 5.82 Å². The molecule has 6 nitrogen and oxygen atoms in total. The quantitative estimate of drug-likeness (QED) is 0.921. The van der Waals surface area contributed by atoms with Gasteiger partial charge in [0.15, 0.2) is 0 Å². The Morgan fingerprint density at radius 1 is 1.38 bits per heavy atom. The zero-order valence-corrected chi connectivity index (χ0v) is 12.3. The van der Waals surface area contributed by atoms with Gasteiger partial charge in [-0.3, -0.25) is 4.90 Å². The highest BCUT2D eigenvalue weighted by Crippen LogP contribution is 2.23. The molecular formula is C15H21N5O. The standard InChI is InChI=1S/C15H21N5O/c1-12(10-19-4-6-21-7-5-19)20-11-17-9-14(20)13-2-3-18-15(16)8-13/h2-3,8-9,11-12H,4-7,10H2,1H3,(H2,16,18). The highest BCUT2D eigenvalue weighted by atomic mass is 16.5. The fourth-order valence-corrected chi connectivity index (χ4v) is 2.73. The van der Waals surface area contributed by atoms with Crippen LogP contribution in [0.4, 0.5) is 5.82 Å². The molecule has 0 spiro atoms. The number of morpholine rings is 1. The molecule has 1 unspecified atom stereocenters. The van der Waals surface area contributed by atoms with Crippen LogP contribution in [-0.4, -0.2) is 52.3 Å². The molecule has 6 heteroatoms. The number of aromatic nitrogens is 3. The number of ether oxygens (including phenoxy) is 1. The lowest BCUT2D eigenvalue weighted by molar-refractivity contribution is 0.0326. The van der Waals surface area contributed by atoms with Crippen molar-refractivity contribution in [2.24, 2.45) is 0 Å². The molecule has 1 aliphatic heterocycles. The monoisotopic (exact) mass is 287 g/mol. The number of imidazole rings is 1. The number of hydrogen-bond donors (Lipinski definition) is 1. The molecule has 0 bridgehead atoms. The maximum atomic E-state index is 5.78. The number of pyridine rings is 1. The Morgan fingerprint density at radius 2 is 2.19 bits per heavy atom. The summed E-state index contributed by atoms with van der Waals surface area (Å²) in [5, 5.41) is 0. The molecule has 2 aromatic heterocycles. The summed E-state index contributed by atoms with van der Waals surface area (Å²) in [5.74, 6) is 0.529. The van der Waals surface area contributed by atoms with Crippen LogP contribution in [0.2, 0.25) is 0 Å². The molecule has 0 saturated carbocycles. The fraction of sp³-hybridized carbons (Fsp3) is 0.467. The van der Waals surface area contributed by atoms with Crippen LogP contribution in [0, 0.1) is 0 Å². The molecular weight excluding hydrogens is 266 g/mol. The Morgan fingerprint density at radius 3 is 2.95 bits per heavy atom. The normalized spacial score (nSPS) is 17.8. The molecule has 3 heterocycles. The summed E-state index contributed by atoms with van der Waals surface area (Å²) < 4.78 is 7.60. The van der Waals surface area contributed by atoms with Crippen LogP contribution in [0.1, 0.15) is 13.0 Å². The second-order valence-electron chi connectivity index (χ2n) is 5.42. The van der Waals surface area contributed by atoms with E-state index in [9.17, 15) is 0 Å². The van der Waals surface area contributed by atoms with Gasteiger partial charge in [0, 0.05) is 37.4 Å². The molecule has 0 aliphatic carbocycles. The van der Waals surface area contributed by atoms with Gasteiger partial charge in [0.2, 0.25) is 0 Å². The van der Waals surface area contributed by atoms with Crippen molar-refractivity contribution in [2.75, 3.05) is 38.6 Å². The highest BCUT2D eigenvalue weighted by molar-refractivity contribution is 5.61. The van der Waals surface area contributed by atoms with E-state index in [0.29, 0.717) is 11.9 Å². The largest absolute Gasteiger partial charge is 0.384 e. The number of nitrogen functional groups attached to an aromatic ring is 1. The summed E-state index contributed by atoms with van der Waals surface area (Å²) in [4.78, 5) is 10.8. The molecule has 21 heavy (non-hydrogen) atoms. The van der Waals surface area contributed by atoms with E-state index in [1.54, 1.807) is 6.20 Å². The number of nitrogens with zero attached hydrogens (tertiary/aromatic N) is 4. The first-order valence-corrected chi connectivity index (χ1v) is 7.28. The molecule has 3 rings (SSSR count). The number of hydrogen-bond acceptors (Lipinski definition) is 5. The van der Waals surface area contributed by atoms with E-state index < -0.39 is 0 Å². The first-order valence-electron chi connectivity index (χ1n) is 7.28. The predicted molar refractivity (Wildman–Crippen MR) is 81.8 cm³/mol. The third-order valence-electron chi connectivity index (χ3n) is 3.84. The predicted octanol–water partition coefficient (Wildman–Crippen LogP) is 1.42. The van der Waals surface area contributed by atoms with E-state index in [1.807, 2.05) is 24.7 Å². The van der Waals surface area contributed by atoms with Crippen molar-refractivity contribution in [3.63, 3.8) is 0 Å². The Balaban J connectivity index is 1.78. The van der Waals surface area contributed by atoms with Gasteiger partial charge in [-0.2, -0.15) is 0 Å². The van der Waals surface area contributed by atoms with Gasteiger partial charge >= 0.3 is 0 Å². The molecule has 112 valence electrons. The minimum atomic E-state index is 0.343. The third-order valence-corrected chi connectivity index (χ3v) is 3.84. The number of nitrogens with two attached hydrogens (primary N) is 1. The van der Waals surface area contributed by atoms with Crippen LogP contribution < -0.4 is 5.73 Å². The molecule has 1 aliphatic rings. The van der Waals surface area contributed by atoms with Gasteiger partial charge in [-0.1, -0.05) is 0 Å². The van der Waals surface area contributed by atoms with E-state index in [-0.39, 0.29) is 0 Å². The van der Waals surface area contributed by atoms with E-state index in [2.05, 4.69) is 26.4 Å². The highest BCUT2D eigenvalue weighted by Gasteiger charge is 2.17. The van der Waals surface area contributed by atoms with Gasteiger partial charge in [-0.15, -0.1) is 0 Å². The molecule has 1 saturated heterocycles. The van der Waals surface area contributed by atoms with Gasteiger partial charge in [-0.05, 0) is 19.1 Å². The SMILES string of the molecule is CC(CN1CCOCC1)n1cncc1-c1ccnc(N)c1. The van der Waals surface area contributed by atoms with Crippen LogP contribution in [0.25, 0.3) is 11.3 Å². The van der Waals surface area contributed by atoms with Crippen LogP contribution in [-0.2, 0) is 4.74 Å². The topological polar surface area (TPSA) is 69.2 Å². The number of rotatable bonds is 4. The van der Waals surface area contributed by atoms with Crippen molar-refractivity contribution in [1.29, 1.82) is 0 Å². The molecule has 0 radical (unpaired) electrons. The fourth-order valence-electron chi connectivity index (χ4n) is 2.73. The number of anilines is 1. The maximum absolute atomic E-state index is 5.78. The van der Waals surface area contributed by atoms with Crippen LogP contribution in [0.3, 0.4) is 0 Å². The van der Waals surface area contributed by atoms with Crippen molar-refractivity contribution in [3.8, 4) is 11.3 Å². The van der Waals surface area contributed by atoms with Crippen molar-refractivity contribution in [1.82, 2.24) is 19.4 Å². The smallest absolute Gasteiger partial charge is 0.123 e. The van der Waals surface area contributed by atoms with Gasteiger partial charge in [0.25, 0.3) is 0 Å². The lowest BCUT2D eigenvalue weighted by Gasteiger charge is -2.30. The van der Waals surface area contributed by atoms with E-state index in [1.165, 1.54) is 0 Å².